The number of aliphatic imine (C=N–C) groups is 1. The summed E-state index contributed by atoms with van der Waals surface area (Å²) in [6.45, 7) is 2.10. The lowest BCUT2D eigenvalue weighted by Crippen LogP contribution is -2.24. The van der Waals surface area contributed by atoms with E-state index in [-0.39, 0.29) is 17.0 Å². The molecule has 1 fully saturated rings. The van der Waals surface area contributed by atoms with Crippen LogP contribution in [0.25, 0.3) is 0 Å². The van der Waals surface area contributed by atoms with Crippen molar-refractivity contribution in [1.82, 2.24) is 5.32 Å². The van der Waals surface area contributed by atoms with Crippen LogP contribution in [0.5, 0.6) is 0 Å². The Hall–Kier alpha value is -1.36. The number of carbonyl (C=O) groups is 1. The first kappa shape index (κ1) is 13.1. The molecule has 96 valence electrons. The van der Waals surface area contributed by atoms with Crippen molar-refractivity contribution in [2.75, 3.05) is 0 Å². The fraction of sp³-hybridized carbons (Fsp3) is 0.385. The number of carbonyl (C=O) groups excluding carboxylic acids is 1. The first-order chi connectivity index (χ1) is 8.69. The second-order valence-electron chi connectivity index (χ2n) is 4.13. The summed E-state index contributed by atoms with van der Waals surface area (Å²) < 4.78 is 12.7. The van der Waals surface area contributed by atoms with E-state index in [1.165, 1.54) is 23.9 Å². The highest BCUT2D eigenvalue weighted by Crippen LogP contribution is 2.26. The molecule has 0 bridgehead atoms. The monoisotopic (exact) mass is 266 g/mol. The molecule has 1 heterocycles. The minimum atomic E-state index is -0.289. The second-order valence-corrected chi connectivity index (χ2v) is 5.32. The van der Waals surface area contributed by atoms with Gasteiger partial charge in [0.05, 0.1) is 10.9 Å². The minimum absolute atomic E-state index is 0.0225. The summed E-state index contributed by atoms with van der Waals surface area (Å²) in [5, 5.41) is 3.32. The number of nitrogens with one attached hydrogen (secondary N) is 1. The molecular weight excluding hydrogens is 251 g/mol. The van der Waals surface area contributed by atoms with Crippen molar-refractivity contribution in [3.8, 4) is 0 Å². The molecule has 2 rings (SSSR count). The highest BCUT2D eigenvalue weighted by molar-refractivity contribution is 8.15. The van der Waals surface area contributed by atoms with E-state index in [4.69, 9.17) is 0 Å². The Bertz CT molecular complexity index is 459. The number of amidine groups is 1. The fourth-order valence-electron chi connectivity index (χ4n) is 1.67. The highest BCUT2D eigenvalue weighted by atomic mass is 32.2. The number of rotatable bonds is 4. The van der Waals surface area contributed by atoms with Gasteiger partial charge in [-0.25, -0.2) is 9.38 Å². The van der Waals surface area contributed by atoms with Gasteiger partial charge in [-0.15, -0.1) is 0 Å². The Labute approximate surface area is 110 Å². The van der Waals surface area contributed by atoms with Crippen molar-refractivity contribution in [1.29, 1.82) is 0 Å². The van der Waals surface area contributed by atoms with Gasteiger partial charge in [0.25, 0.3) is 0 Å². The maximum atomic E-state index is 12.7. The van der Waals surface area contributed by atoms with Crippen molar-refractivity contribution < 1.29 is 9.18 Å². The van der Waals surface area contributed by atoms with Gasteiger partial charge < -0.3 is 5.32 Å². The topological polar surface area (TPSA) is 41.5 Å². The molecule has 0 saturated carbocycles. The molecule has 1 amide bonds. The quantitative estimate of drug-likeness (QED) is 0.909. The third-order valence-electron chi connectivity index (χ3n) is 2.65. The van der Waals surface area contributed by atoms with Gasteiger partial charge in [-0.05, 0) is 30.7 Å². The number of unbranched alkanes of at least 4 members (excludes halogenated alkanes) is 1. The lowest BCUT2D eigenvalue weighted by atomic mass is 10.2. The van der Waals surface area contributed by atoms with E-state index in [9.17, 15) is 9.18 Å². The molecule has 0 spiro atoms. The molecule has 0 aromatic heterocycles. The van der Waals surface area contributed by atoms with Crippen LogP contribution in [0.15, 0.2) is 29.3 Å². The minimum Gasteiger partial charge on any atom is -0.304 e. The van der Waals surface area contributed by atoms with Crippen molar-refractivity contribution in [2.24, 2.45) is 4.99 Å². The van der Waals surface area contributed by atoms with Crippen molar-refractivity contribution in [2.45, 2.75) is 31.4 Å². The van der Waals surface area contributed by atoms with Gasteiger partial charge >= 0.3 is 0 Å². The standard InChI is InChI=1S/C13H15FN2OS/c1-2-3-4-11-12(17)16-13(18-11)15-10-7-5-9(14)6-8-10/h5-8,11H,2-4H2,1H3,(H,15,16,17). The van der Waals surface area contributed by atoms with Crippen LogP contribution in [0.2, 0.25) is 0 Å². The van der Waals surface area contributed by atoms with E-state index in [2.05, 4.69) is 17.2 Å². The molecule has 1 aromatic rings. The number of nitrogens with zero attached hydrogens (tertiary/aromatic N) is 1. The zero-order valence-corrected chi connectivity index (χ0v) is 11.0. The van der Waals surface area contributed by atoms with Crippen LogP contribution in [-0.2, 0) is 4.79 Å². The van der Waals surface area contributed by atoms with Crippen LogP contribution in [0.1, 0.15) is 26.2 Å². The Balaban J connectivity index is 2.02. The summed E-state index contributed by atoms with van der Waals surface area (Å²) in [6.07, 6.45) is 2.99. The van der Waals surface area contributed by atoms with E-state index in [0.717, 1.165) is 19.3 Å². The summed E-state index contributed by atoms with van der Waals surface area (Å²) >= 11 is 1.45. The molecule has 1 aromatic carbocycles. The molecule has 1 unspecified atom stereocenters. The molecule has 1 aliphatic heterocycles. The fourth-order valence-corrected chi connectivity index (χ4v) is 2.71. The van der Waals surface area contributed by atoms with Gasteiger partial charge in [-0.2, -0.15) is 0 Å². The average Bonchev–Trinajstić information content (AvgIpc) is 2.70. The molecule has 0 aliphatic carbocycles. The Morgan fingerprint density at radius 1 is 1.39 bits per heavy atom. The Kier molecular flexibility index (Phi) is 4.36. The molecule has 5 heteroatoms. The number of halogens is 1. The maximum absolute atomic E-state index is 12.7. The summed E-state index contributed by atoms with van der Waals surface area (Å²) in [5.41, 5.74) is 0.648. The van der Waals surface area contributed by atoms with Crippen molar-refractivity contribution >= 4 is 28.5 Å². The van der Waals surface area contributed by atoms with E-state index >= 15 is 0 Å². The second kappa shape index (κ2) is 6.00. The summed E-state index contributed by atoms with van der Waals surface area (Å²) in [6, 6.07) is 5.90. The molecule has 3 nitrogen and oxygen atoms in total. The van der Waals surface area contributed by atoms with E-state index < -0.39 is 0 Å². The molecule has 1 atom stereocenters. The predicted octanol–water partition coefficient (Wildman–Crippen LogP) is 3.24. The Morgan fingerprint density at radius 2 is 2.11 bits per heavy atom. The lowest BCUT2D eigenvalue weighted by Gasteiger charge is -2.01. The van der Waals surface area contributed by atoms with Crippen molar-refractivity contribution in [3.05, 3.63) is 30.1 Å². The van der Waals surface area contributed by atoms with Crippen LogP contribution in [-0.4, -0.2) is 16.3 Å². The van der Waals surface area contributed by atoms with Gasteiger partial charge in [0, 0.05) is 0 Å². The number of hydrogen-bond donors (Lipinski definition) is 1. The lowest BCUT2D eigenvalue weighted by molar-refractivity contribution is -0.118. The SMILES string of the molecule is CCCCC1SC(=Nc2ccc(F)cc2)NC1=O. The molecule has 18 heavy (non-hydrogen) atoms. The Morgan fingerprint density at radius 3 is 2.78 bits per heavy atom. The number of thioether (sulfide) groups is 1. The molecular formula is C13H15FN2OS. The summed E-state index contributed by atoms with van der Waals surface area (Å²) in [5.74, 6) is -0.266. The maximum Gasteiger partial charge on any atom is 0.239 e. The van der Waals surface area contributed by atoms with Crippen LogP contribution in [0, 0.1) is 5.82 Å². The van der Waals surface area contributed by atoms with E-state index in [1.54, 1.807) is 12.1 Å². The zero-order valence-electron chi connectivity index (χ0n) is 10.1. The number of hydrogen-bond acceptors (Lipinski definition) is 3. The molecule has 1 N–H and O–H groups in total. The third kappa shape index (κ3) is 3.32. The molecule has 1 saturated heterocycles. The smallest absolute Gasteiger partial charge is 0.239 e. The van der Waals surface area contributed by atoms with Crippen LogP contribution in [0.3, 0.4) is 0 Å². The molecule has 0 radical (unpaired) electrons. The third-order valence-corrected chi connectivity index (χ3v) is 3.80. The number of benzene rings is 1. The van der Waals surface area contributed by atoms with Crippen LogP contribution < -0.4 is 5.32 Å². The average molecular weight is 266 g/mol. The van der Waals surface area contributed by atoms with E-state index in [0.29, 0.717) is 10.9 Å². The van der Waals surface area contributed by atoms with Gasteiger partial charge in [-0.3, -0.25) is 4.79 Å². The van der Waals surface area contributed by atoms with Gasteiger partial charge in [0.1, 0.15) is 5.82 Å². The first-order valence-electron chi connectivity index (χ1n) is 6.01. The predicted molar refractivity (Wildman–Crippen MR) is 72.5 cm³/mol. The highest BCUT2D eigenvalue weighted by Gasteiger charge is 2.29. The van der Waals surface area contributed by atoms with Crippen LogP contribution >= 0.6 is 11.8 Å². The largest absolute Gasteiger partial charge is 0.304 e. The van der Waals surface area contributed by atoms with E-state index in [1.807, 2.05) is 0 Å². The van der Waals surface area contributed by atoms with Gasteiger partial charge in [0.2, 0.25) is 5.91 Å². The van der Waals surface area contributed by atoms with Gasteiger partial charge in [-0.1, -0.05) is 31.5 Å². The van der Waals surface area contributed by atoms with Gasteiger partial charge in [0.15, 0.2) is 5.17 Å². The summed E-state index contributed by atoms with van der Waals surface area (Å²) in [4.78, 5) is 16.0. The molecule has 1 aliphatic rings. The normalized spacial score (nSPS) is 21.3. The summed E-state index contributed by atoms with van der Waals surface area (Å²) in [7, 11) is 0. The zero-order chi connectivity index (χ0) is 13.0. The van der Waals surface area contributed by atoms with Crippen LogP contribution in [0.4, 0.5) is 10.1 Å². The first-order valence-corrected chi connectivity index (χ1v) is 6.89. The number of amides is 1. The van der Waals surface area contributed by atoms with Crippen molar-refractivity contribution in [3.63, 3.8) is 0 Å².